The molecule has 1 atom stereocenters. The maximum atomic E-state index is 12.1. The number of amides is 1. The number of aryl methyl sites for hydroxylation is 1. The van der Waals surface area contributed by atoms with Crippen LogP contribution in [-0.4, -0.2) is 34.2 Å². The maximum Gasteiger partial charge on any atom is 0.227 e. The van der Waals surface area contributed by atoms with Crippen LogP contribution in [0.15, 0.2) is 12.4 Å². The zero-order chi connectivity index (χ0) is 13.0. The number of hydrogen-bond acceptors (Lipinski definition) is 3. The van der Waals surface area contributed by atoms with Gasteiger partial charge in [-0.25, -0.2) is 0 Å². The summed E-state index contributed by atoms with van der Waals surface area (Å²) >= 11 is 0. The molecule has 0 aromatic carbocycles. The van der Waals surface area contributed by atoms with E-state index >= 15 is 0 Å². The van der Waals surface area contributed by atoms with Gasteiger partial charge < -0.3 is 10.6 Å². The molecule has 1 aromatic rings. The van der Waals surface area contributed by atoms with Crippen LogP contribution < -0.4 is 5.73 Å². The first-order valence-corrected chi connectivity index (χ1v) is 5.88. The van der Waals surface area contributed by atoms with Gasteiger partial charge in [0, 0.05) is 38.9 Å². The monoisotopic (exact) mass is 238 g/mol. The standard InChI is InChI=1S/C12H22N4O/c1-9(2)11(5-13)12(17)15(3)7-10-6-14-16(4)8-10/h6,8-9,11H,5,7,13H2,1-4H3. The number of carbonyl (C=O) groups excluding carboxylic acids is 1. The van der Waals surface area contributed by atoms with Crippen LogP contribution in [0.2, 0.25) is 0 Å². The number of nitrogens with zero attached hydrogens (tertiary/aromatic N) is 3. The summed E-state index contributed by atoms with van der Waals surface area (Å²) in [6, 6.07) is 0. The van der Waals surface area contributed by atoms with Crippen LogP contribution in [0.1, 0.15) is 19.4 Å². The first kappa shape index (κ1) is 13.7. The highest BCUT2D eigenvalue weighted by atomic mass is 16.2. The van der Waals surface area contributed by atoms with E-state index in [0.717, 1.165) is 5.56 Å². The van der Waals surface area contributed by atoms with Gasteiger partial charge in [0.25, 0.3) is 0 Å². The Bertz CT molecular complexity index is 372. The molecule has 17 heavy (non-hydrogen) atoms. The molecule has 5 heteroatoms. The average Bonchev–Trinajstić information content (AvgIpc) is 2.64. The van der Waals surface area contributed by atoms with E-state index in [2.05, 4.69) is 5.10 Å². The van der Waals surface area contributed by atoms with Crippen LogP contribution in [0.3, 0.4) is 0 Å². The van der Waals surface area contributed by atoms with E-state index in [1.165, 1.54) is 0 Å². The Kier molecular flexibility index (Phi) is 4.69. The molecule has 0 spiro atoms. The van der Waals surface area contributed by atoms with Gasteiger partial charge >= 0.3 is 0 Å². The van der Waals surface area contributed by atoms with E-state index in [4.69, 9.17) is 5.73 Å². The van der Waals surface area contributed by atoms with Gasteiger partial charge in [0.05, 0.1) is 12.1 Å². The largest absolute Gasteiger partial charge is 0.341 e. The third-order valence-corrected chi connectivity index (χ3v) is 2.93. The Hall–Kier alpha value is -1.36. The molecular weight excluding hydrogens is 216 g/mol. The van der Waals surface area contributed by atoms with E-state index in [9.17, 15) is 4.79 Å². The van der Waals surface area contributed by atoms with Crippen molar-refractivity contribution in [2.45, 2.75) is 20.4 Å². The molecule has 0 aliphatic carbocycles. The van der Waals surface area contributed by atoms with Crippen molar-refractivity contribution in [1.29, 1.82) is 0 Å². The van der Waals surface area contributed by atoms with E-state index in [0.29, 0.717) is 13.1 Å². The Morgan fingerprint density at radius 2 is 2.24 bits per heavy atom. The predicted octanol–water partition coefficient (Wildman–Crippen LogP) is 0.609. The molecule has 2 N–H and O–H groups in total. The Labute approximate surface area is 103 Å². The second-order valence-corrected chi connectivity index (χ2v) is 4.80. The molecule has 0 bridgehead atoms. The van der Waals surface area contributed by atoms with Gasteiger partial charge in [-0.05, 0) is 5.92 Å². The first-order chi connectivity index (χ1) is 7.95. The van der Waals surface area contributed by atoms with E-state index < -0.39 is 0 Å². The fraction of sp³-hybridized carbons (Fsp3) is 0.667. The molecule has 5 nitrogen and oxygen atoms in total. The van der Waals surface area contributed by atoms with Crippen molar-refractivity contribution in [3.63, 3.8) is 0 Å². The summed E-state index contributed by atoms with van der Waals surface area (Å²) in [5.41, 5.74) is 6.68. The lowest BCUT2D eigenvalue weighted by atomic mass is 9.94. The van der Waals surface area contributed by atoms with Crippen LogP contribution in [-0.2, 0) is 18.4 Å². The minimum Gasteiger partial charge on any atom is -0.341 e. The van der Waals surface area contributed by atoms with Gasteiger partial charge in [-0.2, -0.15) is 5.10 Å². The van der Waals surface area contributed by atoms with Crippen molar-refractivity contribution < 1.29 is 4.79 Å². The van der Waals surface area contributed by atoms with E-state index in [1.54, 1.807) is 22.8 Å². The maximum absolute atomic E-state index is 12.1. The predicted molar refractivity (Wildman–Crippen MR) is 67.1 cm³/mol. The summed E-state index contributed by atoms with van der Waals surface area (Å²) in [7, 11) is 3.67. The molecule has 96 valence electrons. The molecule has 1 rings (SSSR count). The number of aromatic nitrogens is 2. The van der Waals surface area contributed by atoms with Gasteiger partial charge in [0.1, 0.15) is 0 Å². The molecule has 1 unspecified atom stereocenters. The normalized spacial score (nSPS) is 12.8. The summed E-state index contributed by atoms with van der Waals surface area (Å²) < 4.78 is 1.73. The fourth-order valence-corrected chi connectivity index (χ4v) is 1.85. The van der Waals surface area contributed by atoms with Crippen molar-refractivity contribution in [3.05, 3.63) is 18.0 Å². The topological polar surface area (TPSA) is 64.2 Å². The Morgan fingerprint density at radius 3 is 2.65 bits per heavy atom. The minimum atomic E-state index is -0.100. The summed E-state index contributed by atoms with van der Waals surface area (Å²) in [6.45, 7) is 5.02. The summed E-state index contributed by atoms with van der Waals surface area (Å²) in [4.78, 5) is 13.9. The highest BCUT2D eigenvalue weighted by Crippen LogP contribution is 2.13. The van der Waals surface area contributed by atoms with Crippen molar-refractivity contribution in [1.82, 2.24) is 14.7 Å². The highest BCUT2D eigenvalue weighted by Gasteiger charge is 2.23. The smallest absolute Gasteiger partial charge is 0.227 e. The lowest BCUT2D eigenvalue weighted by molar-refractivity contribution is -0.135. The quantitative estimate of drug-likeness (QED) is 0.817. The van der Waals surface area contributed by atoms with E-state index in [-0.39, 0.29) is 17.7 Å². The molecule has 0 aliphatic heterocycles. The van der Waals surface area contributed by atoms with Crippen LogP contribution in [0, 0.1) is 11.8 Å². The van der Waals surface area contributed by atoms with E-state index in [1.807, 2.05) is 27.1 Å². The summed E-state index contributed by atoms with van der Waals surface area (Å²) in [6.07, 6.45) is 3.69. The van der Waals surface area contributed by atoms with Crippen LogP contribution in [0.4, 0.5) is 0 Å². The molecule has 0 aliphatic rings. The molecule has 1 heterocycles. The number of nitrogens with two attached hydrogens (primary N) is 1. The lowest BCUT2D eigenvalue weighted by Crippen LogP contribution is -2.38. The van der Waals surface area contributed by atoms with Gasteiger partial charge in [0.2, 0.25) is 5.91 Å². The molecule has 1 amide bonds. The van der Waals surface area contributed by atoms with Crippen molar-refractivity contribution >= 4 is 5.91 Å². The summed E-state index contributed by atoms with van der Waals surface area (Å²) in [5, 5.41) is 4.08. The minimum absolute atomic E-state index is 0.100. The third-order valence-electron chi connectivity index (χ3n) is 2.93. The Balaban J connectivity index is 2.63. The number of hydrogen-bond donors (Lipinski definition) is 1. The van der Waals surface area contributed by atoms with Crippen molar-refractivity contribution in [2.24, 2.45) is 24.6 Å². The van der Waals surface area contributed by atoms with Crippen LogP contribution >= 0.6 is 0 Å². The number of rotatable bonds is 5. The molecule has 0 radical (unpaired) electrons. The summed E-state index contributed by atoms with van der Waals surface area (Å²) in [5.74, 6) is 0.270. The molecule has 0 saturated carbocycles. The van der Waals surface area contributed by atoms with Gasteiger partial charge in [-0.3, -0.25) is 9.48 Å². The molecular formula is C12H22N4O. The fourth-order valence-electron chi connectivity index (χ4n) is 1.85. The third kappa shape index (κ3) is 3.56. The van der Waals surface area contributed by atoms with Gasteiger partial charge in [0.15, 0.2) is 0 Å². The average molecular weight is 238 g/mol. The second kappa shape index (κ2) is 5.82. The van der Waals surface area contributed by atoms with Crippen molar-refractivity contribution in [3.8, 4) is 0 Å². The molecule has 0 fully saturated rings. The molecule has 0 saturated heterocycles. The van der Waals surface area contributed by atoms with Gasteiger partial charge in [-0.15, -0.1) is 0 Å². The zero-order valence-corrected chi connectivity index (χ0v) is 11.1. The lowest BCUT2D eigenvalue weighted by Gasteiger charge is -2.24. The highest BCUT2D eigenvalue weighted by molar-refractivity contribution is 5.79. The zero-order valence-electron chi connectivity index (χ0n) is 11.1. The van der Waals surface area contributed by atoms with Gasteiger partial charge in [-0.1, -0.05) is 13.8 Å². The van der Waals surface area contributed by atoms with Crippen LogP contribution in [0.25, 0.3) is 0 Å². The van der Waals surface area contributed by atoms with Crippen molar-refractivity contribution in [2.75, 3.05) is 13.6 Å². The SMILES string of the molecule is CC(C)C(CN)C(=O)N(C)Cc1cnn(C)c1. The Morgan fingerprint density at radius 1 is 1.59 bits per heavy atom. The molecule has 1 aromatic heterocycles. The second-order valence-electron chi connectivity index (χ2n) is 4.80. The van der Waals surface area contributed by atoms with Crippen LogP contribution in [0.5, 0.6) is 0 Å². The first-order valence-electron chi connectivity index (χ1n) is 5.88. The number of carbonyl (C=O) groups is 1.